The molecule has 0 aromatic carbocycles. The van der Waals surface area contributed by atoms with Crippen molar-refractivity contribution in [3.8, 4) is 0 Å². The molecule has 3 heteroatoms. The minimum atomic E-state index is -0.340. The van der Waals surface area contributed by atoms with Crippen molar-refractivity contribution in [2.24, 2.45) is 0 Å². The lowest BCUT2D eigenvalue weighted by atomic mass is 10.1. The number of hydrogen-bond acceptors (Lipinski definition) is 3. The predicted molar refractivity (Wildman–Crippen MR) is 54.7 cm³/mol. The van der Waals surface area contributed by atoms with Crippen molar-refractivity contribution in [1.29, 1.82) is 0 Å². The first-order valence-corrected chi connectivity index (χ1v) is 4.84. The van der Waals surface area contributed by atoms with Gasteiger partial charge in [0.2, 0.25) is 0 Å². The van der Waals surface area contributed by atoms with E-state index in [1.54, 1.807) is 0 Å². The molecule has 13 heavy (non-hydrogen) atoms. The topological polar surface area (TPSA) is 43.7 Å². The predicted octanol–water partition coefficient (Wildman–Crippen LogP) is 0.852. The van der Waals surface area contributed by atoms with E-state index in [9.17, 15) is 5.11 Å². The summed E-state index contributed by atoms with van der Waals surface area (Å²) in [6, 6.07) is 0. The molecule has 1 heterocycles. The number of aliphatic hydroxyl groups is 2. The molecule has 1 unspecified atom stereocenters. The quantitative estimate of drug-likeness (QED) is 0.689. The Morgan fingerprint density at radius 1 is 1.15 bits per heavy atom. The molecule has 3 nitrogen and oxygen atoms in total. The van der Waals surface area contributed by atoms with Gasteiger partial charge in [0.1, 0.15) is 0 Å². The van der Waals surface area contributed by atoms with E-state index in [0.717, 1.165) is 19.6 Å². The van der Waals surface area contributed by atoms with Gasteiger partial charge in [-0.2, -0.15) is 0 Å². The zero-order valence-electron chi connectivity index (χ0n) is 7.58. The van der Waals surface area contributed by atoms with E-state index in [2.05, 4.69) is 4.90 Å². The average Bonchev–Trinajstić information content (AvgIpc) is 2.06. The molecule has 0 aromatic heterocycles. The van der Waals surface area contributed by atoms with Crippen LogP contribution in [-0.4, -0.2) is 47.5 Å². The molecule has 1 rings (SSSR count). The van der Waals surface area contributed by atoms with E-state index in [1.807, 2.05) is 0 Å². The molecule has 1 aliphatic heterocycles. The summed E-state index contributed by atoms with van der Waals surface area (Å²) in [5.74, 6) is 0. The molecule has 1 aliphatic rings. The Balaban J connectivity index is 0.00000144. The van der Waals surface area contributed by atoms with E-state index >= 15 is 0 Å². The zero-order chi connectivity index (χ0) is 8.81. The standard InChI is InChI=1S/C9H19NO2.CH4/c11-7-4-9(12)8-10-5-2-1-3-6-10;/h9,11-12H,1-8H2;1H4. The molecule has 0 spiro atoms. The average molecular weight is 189 g/mol. The van der Waals surface area contributed by atoms with Gasteiger partial charge in [0.25, 0.3) is 0 Å². The second-order valence-corrected chi connectivity index (χ2v) is 3.53. The summed E-state index contributed by atoms with van der Waals surface area (Å²) in [7, 11) is 0. The largest absolute Gasteiger partial charge is 0.396 e. The van der Waals surface area contributed by atoms with Crippen LogP contribution in [0.1, 0.15) is 33.1 Å². The molecule has 1 saturated heterocycles. The Morgan fingerprint density at radius 3 is 2.31 bits per heavy atom. The molecule has 80 valence electrons. The monoisotopic (exact) mass is 189 g/mol. The van der Waals surface area contributed by atoms with Gasteiger partial charge < -0.3 is 15.1 Å². The van der Waals surface area contributed by atoms with E-state index in [-0.39, 0.29) is 20.1 Å². The second kappa shape index (κ2) is 7.30. The Bertz CT molecular complexity index is 113. The Kier molecular flexibility index (Phi) is 7.23. The van der Waals surface area contributed by atoms with Gasteiger partial charge in [-0.3, -0.25) is 0 Å². The fraction of sp³-hybridized carbons (Fsp3) is 1.00. The van der Waals surface area contributed by atoms with Crippen LogP contribution in [-0.2, 0) is 0 Å². The van der Waals surface area contributed by atoms with Crippen molar-refractivity contribution >= 4 is 0 Å². The third-order valence-electron chi connectivity index (χ3n) is 2.38. The van der Waals surface area contributed by atoms with Gasteiger partial charge in [-0.15, -0.1) is 0 Å². The lowest BCUT2D eigenvalue weighted by Gasteiger charge is -2.28. The van der Waals surface area contributed by atoms with Crippen LogP contribution in [0.3, 0.4) is 0 Å². The third kappa shape index (κ3) is 5.24. The lowest BCUT2D eigenvalue weighted by Crippen LogP contribution is -2.36. The van der Waals surface area contributed by atoms with Crippen LogP contribution in [0.25, 0.3) is 0 Å². The highest BCUT2D eigenvalue weighted by atomic mass is 16.3. The molecule has 0 bridgehead atoms. The maximum absolute atomic E-state index is 9.40. The number of rotatable bonds is 4. The van der Waals surface area contributed by atoms with Crippen LogP contribution in [0.5, 0.6) is 0 Å². The van der Waals surface area contributed by atoms with Crippen LogP contribution < -0.4 is 0 Å². The van der Waals surface area contributed by atoms with Crippen LogP contribution in [0.4, 0.5) is 0 Å². The highest BCUT2D eigenvalue weighted by Crippen LogP contribution is 2.09. The fourth-order valence-corrected chi connectivity index (χ4v) is 1.68. The molecular formula is C10H23NO2. The molecule has 0 radical (unpaired) electrons. The lowest BCUT2D eigenvalue weighted by molar-refractivity contribution is 0.0795. The Labute approximate surface area is 81.4 Å². The smallest absolute Gasteiger partial charge is 0.0688 e. The van der Waals surface area contributed by atoms with E-state index in [1.165, 1.54) is 19.3 Å². The molecule has 0 aliphatic carbocycles. The van der Waals surface area contributed by atoms with Gasteiger partial charge in [-0.1, -0.05) is 13.8 Å². The number of aliphatic hydroxyl groups excluding tert-OH is 2. The van der Waals surface area contributed by atoms with Crippen LogP contribution in [0.15, 0.2) is 0 Å². The summed E-state index contributed by atoms with van der Waals surface area (Å²) in [5, 5.41) is 18.0. The summed E-state index contributed by atoms with van der Waals surface area (Å²) in [6.07, 6.45) is 4.01. The highest BCUT2D eigenvalue weighted by Gasteiger charge is 2.13. The maximum Gasteiger partial charge on any atom is 0.0688 e. The van der Waals surface area contributed by atoms with Gasteiger partial charge in [0.15, 0.2) is 0 Å². The molecule has 2 N–H and O–H groups in total. The van der Waals surface area contributed by atoms with Crippen molar-refractivity contribution in [2.45, 2.75) is 39.2 Å². The van der Waals surface area contributed by atoms with Crippen LogP contribution >= 0.6 is 0 Å². The summed E-state index contributed by atoms with van der Waals surface area (Å²) in [5.41, 5.74) is 0. The molecule has 0 aromatic rings. The third-order valence-corrected chi connectivity index (χ3v) is 2.38. The van der Waals surface area contributed by atoms with Gasteiger partial charge in [-0.05, 0) is 32.4 Å². The van der Waals surface area contributed by atoms with E-state index in [4.69, 9.17) is 5.11 Å². The summed E-state index contributed by atoms with van der Waals surface area (Å²) < 4.78 is 0. The van der Waals surface area contributed by atoms with Crippen LogP contribution in [0, 0.1) is 0 Å². The van der Waals surface area contributed by atoms with Gasteiger partial charge in [0, 0.05) is 13.2 Å². The summed E-state index contributed by atoms with van der Waals surface area (Å²) in [6.45, 7) is 3.06. The SMILES string of the molecule is C.OCCC(O)CN1CCCCC1. The Morgan fingerprint density at radius 2 is 1.77 bits per heavy atom. The molecule has 1 fully saturated rings. The highest BCUT2D eigenvalue weighted by molar-refractivity contribution is 4.68. The summed E-state index contributed by atoms with van der Waals surface area (Å²) >= 11 is 0. The number of piperidine rings is 1. The number of likely N-dealkylation sites (tertiary alicyclic amines) is 1. The number of hydrogen-bond donors (Lipinski definition) is 2. The first kappa shape index (κ1) is 12.9. The molecular weight excluding hydrogens is 166 g/mol. The normalized spacial score (nSPS) is 20.8. The van der Waals surface area contributed by atoms with Gasteiger partial charge >= 0.3 is 0 Å². The minimum Gasteiger partial charge on any atom is -0.396 e. The fourth-order valence-electron chi connectivity index (χ4n) is 1.68. The van der Waals surface area contributed by atoms with E-state index in [0.29, 0.717) is 6.42 Å². The molecule has 0 amide bonds. The van der Waals surface area contributed by atoms with Gasteiger partial charge in [-0.25, -0.2) is 0 Å². The first-order valence-electron chi connectivity index (χ1n) is 4.84. The van der Waals surface area contributed by atoms with Crippen molar-refractivity contribution in [1.82, 2.24) is 4.90 Å². The minimum absolute atomic E-state index is 0. The zero-order valence-corrected chi connectivity index (χ0v) is 7.58. The maximum atomic E-state index is 9.40. The van der Waals surface area contributed by atoms with E-state index < -0.39 is 0 Å². The van der Waals surface area contributed by atoms with Crippen molar-refractivity contribution in [3.63, 3.8) is 0 Å². The Hall–Kier alpha value is -0.120. The molecule has 1 atom stereocenters. The number of nitrogens with zero attached hydrogens (tertiary/aromatic N) is 1. The second-order valence-electron chi connectivity index (χ2n) is 3.53. The van der Waals surface area contributed by atoms with Crippen LogP contribution in [0.2, 0.25) is 0 Å². The molecule has 0 saturated carbocycles. The summed E-state index contributed by atoms with van der Waals surface area (Å²) in [4.78, 5) is 2.28. The van der Waals surface area contributed by atoms with Crippen molar-refractivity contribution < 1.29 is 10.2 Å². The van der Waals surface area contributed by atoms with Crippen molar-refractivity contribution in [3.05, 3.63) is 0 Å². The first-order chi connectivity index (χ1) is 5.83. The number of β-amino-alcohol motifs (C(OH)–C–C–N with tert-alkyl or cyclic N) is 1. The van der Waals surface area contributed by atoms with Crippen molar-refractivity contribution in [2.75, 3.05) is 26.2 Å². The van der Waals surface area contributed by atoms with Gasteiger partial charge in [0.05, 0.1) is 6.10 Å².